The summed E-state index contributed by atoms with van der Waals surface area (Å²) < 4.78 is 0. The first kappa shape index (κ1) is 13.4. The van der Waals surface area contributed by atoms with Crippen LogP contribution in [0, 0.1) is 0 Å². The van der Waals surface area contributed by atoms with E-state index in [9.17, 15) is 9.59 Å². The van der Waals surface area contributed by atoms with Crippen molar-refractivity contribution in [3.8, 4) is 0 Å². The van der Waals surface area contributed by atoms with Gasteiger partial charge in [-0.3, -0.25) is 9.59 Å². The Balaban J connectivity index is 1.87. The van der Waals surface area contributed by atoms with E-state index in [-0.39, 0.29) is 17.9 Å². The SMILES string of the molecule is CC(=O)Nc1ccc(NC(C)C(=O)NC2CC2)cc1. The third-order valence-electron chi connectivity index (χ3n) is 2.91. The highest BCUT2D eigenvalue weighted by Gasteiger charge is 2.25. The van der Waals surface area contributed by atoms with E-state index in [1.165, 1.54) is 6.92 Å². The van der Waals surface area contributed by atoms with Crippen LogP contribution < -0.4 is 16.0 Å². The lowest BCUT2D eigenvalue weighted by atomic mass is 10.2. The van der Waals surface area contributed by atoms with Crippen LogP contribution in [0.25, 0.3) is 0 Å². The van der Waals surface area contributed by atoms with Crippen LogP contribution >= 0.6 is 0 Å². The zero-order chi connectivity index (χ0) is 13.8. The van der Waals surface area contributed by atoms with Gasteiger partial charge in [-0.25, -0.2) is 0 Å². The number of benzene rings is 1. The molecule has 19 heavy (non-hydrogen) atoms. The van der Waals surface area contributed by atoms with Crippen molar-refractivity contribution in [2.24, 2.45) is 0 Å². The lowest BCUT2D eigenvalue weighted by molar-refractivity contribution is -0.121. The van der Waals surface area contributed by atoms with Crippen molar-refractivity contribution >= 4 is 23.2 Å². The fourth-order valence-electron chi connectivity index (χ4n) is 1.72. The van der Waals surface area contributed by atoms with E-state index in [1.54, 1.807) is 12.1 Å². The maximum absolute atomic E-state index is 11.8. The molecule has 5 nitrogen and oxygen atoms in total. The molecule has 0 saturated heterocycles. The second-order valence-corrected chi connectivity index (χ2v) is 4.91. The molecule has 2 amide bonds. The average molecular weight is 261 g/mol. The molecule has 5 heteroatoms. The smallest absolute Gasteiger partial charge is 0.242 e. The zero-order valence-corrected chi connectivity index (χ0v) is 11.2. The molecular weight excluding hydrogens is 242 g/mol. The third-order valence-corrected chi connectivity index (χ3v) is 2.91. The van der Waals surface area contributed by atoms with Gasteiger partial charge in [0.05, 0.1) is 0 Å². The number of nitrogens with one attached hydrogen (secondary N) is 3. The van der Waals surface area contributed by atoms with Crippen LogP contribution in [0.3, 0.4) is 0 Å². The van der Waals surface area contributed by atoms with Crippen molar-refractivity contribution in [2.75, 3.05) is 10.6 Å². The molecular formula is C14H19N3O2. The van der Waals surface area contributed by atoms with Crippen molar-refractivity contribution < 1.29 is 9.59 Å². The molecule has 0 heterocycles. The summed E-state index contributed by atoms with van der Waals surface area (Å²) in [5, 5.41) is 8.78. The van der Waals surface area contributed by atoms with Gasteiger partial charge in [-0.1, -0.05) is 0 Å². The largest absolute Gasteiger partial charge is 0.374 e. The molecule has 3 N–H and O–H groups in total. The Hall–Kier alpha value is -2.04. The Kier molecular flexibility index (Phi) is 4.04. The van der Waals surface area contributed by atoms with E-state index in [0.717, 1.165) is 24.2 Å². The van der Waals surface area contributed by atoms with E-state index in [2.05, 4.69) is 16.0 Å². The van der Waals surface area contributed by atoms with Crippen LogP contribution in [0.15, 0.2) is 24.3 Å². The first-order valence-electron chi connectivity index (χ1n) is 6.49. The molecule has 0 radical (unpaired) electrons. The number of hydrogen-bond acceptors (Lipinski definition) is 3. The summed E-state index contributed by atoms with van der Waals surface area (Å²) >= 11 is 0. The number of carbonyl (C=O) groups is 2. The van der Waals surface area contributed by atoms with E-state index in [0.29, 0.717) is 6.04 Å². The van der Waals surface area contributed by atoms with Crippen molar-refractivity contribution in [3.63, 3.8) is 0 Å². The van der Waals surface area contributed by atoms with Crippen molar-refractivity contribution in [1.82, 2.24) is 5.32 Å². The van der Waals surface area contributed by atoms with Gasteiger partial charge in [-0.15, -0.1) is 0 Å². The second kappa shape index (κ2) is 5.73. The first-order valence-corrected chi connectivity index (χ1v) is 6.49. The van der Waals surface area contributed by atoms with Crippen molar-refractivity contribution in [3.05, 3.63) is 24.3 Å². The highest BCUT2D eigenvalue weighted by Crippen LogP contribution is 2.19. The van der Waals surface area contributed by atoms with Crippen LogP contribution in [0.1, 0.15) is 26.7 Å². The van der Waals surface area contributed by atoms with Gasteiger partial charge in [0.15, 0.2) is 0 Å². The monoisotopic (exact) mass is 261 g/mol. The molecule has 1 atom stereocenters. The van der Waals surface area contributed by atoms with Gasteiger partial charge < -0.3 is 16.0 Å². The Morgan fingerprint density at radius 3 is 2.26 bits per heavy atom. The van der Waals surface area contributed by atoms with Gasteiger partial charge in [0, 0.05) is 24.3 Å². The van der Waals surface area contributed by atoms with E-state index >= 15 is 0 Å². The minimum absolute atomic E-state index is 0.0217. The summed E-state index contributed by atoms with van der Waals surface area (Å²) in [7, 11) is 0. The van der Waals surface area contributed by atoms with Crippen LogP contribution in [0.5, 0.6) is 0 Å². The van der Waals surface area contributed by atoms with E-state index < -0.39 is 0 Å². The fraction of sp³-hybridized carbons (Fsp3) is 0.429. The summed E-state index contributed by atoms with van der Waals surface area (Å²) in [6, 6.07) is 7.38. The molecule has 0 bridgehead atoms. The Bertz CT molecular complexity index is 466. The molecule has 0 spiro atoms. The van der Waals surface area contributed by atoms with Crippen molar-refractivity contribution in [1.29, 1.82) is 0 Å². The van der Waals surface area contributed by atoms with Gasteiger partial charge in [-0.2, -0.15) is 0 Å². The Morgan fingerprint density at radius 1 is 1.16 bits per heavy atom. The van der Waals surface area contributed by atoms with E-state index in [4.69, 9.17) is 0 Å². The van der Waals surface area contributed by atoms with Gasteiger partial charge in [0.25, 0.3) is 0 Å². The van der Waals surface area contributed by atoms with Crippen molar-refractivity contribution in [2.45, 2.75) is 38.8 Å². The molecule has 1 aliphatic carbocycles. The predicted molar refractivity (Wildman–Crippen MR) is 75.0 cm³/mol. The summed E-state index contributed by atoms with van der Waals surface area (Å²) in [6.45, 7) is 3.30. The molecule has 1 aromatic rings. The summed E-state index contributed by atoms with van der Waals surface area (Å²) in [5.74, 6) is -0.0775. The molecule has 0 aliphatic heterocycles. The number of hydrogen-bond donors (Lipinski definition) is 3. The minimum atomic E-state index is -0.271. The molecule has 102 valence electrons. The minimum Gasteiger partial charge on any atom is -0.374 e. The fourth-order valence-corrected chi connectivity index (χ4v) is 1.72. The standard InChI is InChI=1S/C14H19N3O2/c1-9(14(19)17-13-7-8-13)15-11-3-5-12(6-4-11)16-10(2)18/h3-6,9,13,15H,7-8H2,1-2H3,(H,16,18)(H,17,19). The lowest BCUT2D eigenvalue weighted by Gasteiger charge is -2.15. The molecule has 1 aliphatic rings. The molecule has 1 aromatic carbocycles. The summed E-state index contributed by atoms with van der Waals surface area (Å²) in [4.78, 5) is 22.7. The van der Waals surface area contributed by atoms with Crippen LogP contribution in [-0.2, 0) is 9.59 Å². The maximum atomic E-state index is 11.8. The highest BCUT2D eigenvalue weighted by atomic mass is 16.2. The summed E-state index contributed by atoms with van der Waals surface area (Å²) in [5.41, 5.74) is 1.60. The highest BCUT2D eigenvalue weighted by molar-refractivity contribution is 5.89. The first-order chi connectivity index (χ1) is 9.04. The molecule has 0 aromatic heterocycles. The molecule has 1 saturated carbocycles. The lowest BCUT2D eigenvalue weighted by Crippen LogP contribution is -2.38. The van der Waals surface area contributed by atoms with Gasteiger partial charge >= 0.3 is 0 Å². The second-order valence-electron chi connectivity index (χ2n) is 4.91. The molecule has 1 fully saturated rings. The third kappa shape index (κ3) is 4.28. The Morgan fingerprint density at radius 2 is 1.74 bits per heavy atom. The molecule has 2 rings (SSSR count). The quantitative estimate of drug-likeness (QED) is 0.756. The average Bonchev–Trinajstić information content (AvgIpc) is 3.14. The normalized spacial score (nSPS) is 15.5. The van der Waals surface area contributed by atoms with Crippen LogP contribution in [0.4, 0.5) is 11.4 Å². The number of rotatable bonds is 5. The topological polar surface area (TPSA) is 70.2 Å². The zero-order valence-electron chi connectivity index (χ0n) is 11.2. The maximum Gasteiger partial charge on any atom is 0.242 e. The van der Waals surface area contributed by atoms with Gasteiger partial charge in [0.1, 0.15) is 6.04 Å². The summed E-state index contributed by atoms with van der Waals surface area (Å²) in [6.07, 6.45) is 2.17. The number of amides is 2. The van der Waals surface area contributed by atoms with E-state index in [1.807, 2.05) is 19.1 Å². The number of carbonyl (C=O) groups excluding carboxylic acids is 2. The van der Waals surface area contributed by atoms with Gasteiger partial charge in [0.2, 0.25) is 11.8 Å². The molecule has 1 unspecified atom stereocenters. The number of anilines is 2. The van der Waals surface area contributed by atoms with Crippen LogP contribution in [0.2, 0.25) is 0 Å². The predicted octanol–water partition coefficient (Wildman–Crippen LogP) is 1.72. The Labute approximate surface area is 112 Å². The van der Waals surface area contributed by atoms with Crippen LogP contribution in [-0.4, -0.2) is 23.9 Å². The van der Waals surface area contributed by atoms with Gasteiger partial charge in [-0.05, 0) is 44.0 Å².